The second-order valence-corrected chi connectivity index (χ2v) is 9.92. The van der Waals surface area contributed by atoms with Crippen molar-refractivity contribution in [1.82, 2.24) is 9.47 Å². The molecule has 180 valence electrons. The van der Waals surface area contributed by atoms with Crippen molar-refractivity contribution in [2.75, 3.05) is 31.1 Å². The van der Waals surface area contributed by atoms with E-state index in [0.717, 1.165) is 35.9 Å². The van der Waals surface area contributed by atoms with Crippen molar-refractivity contribution in [2.45, 2.75) is 25.8 Å². The third kappa shape index (κ3) is 5.05. The van der Waals surface area contributed by atoms with Gasteiger partial charge in [0.15, 0.2) is 0 Å². The number of para-hydroxylation sites is 1. The molecule has 0 saturated carbocycles. The number of benzene rings is 3. The number of anilines is 1. The smallest absolute Gasteiger partial charge is 0.223 e. The van der Waals surface area contributed by atoms with Gasteiger partial charge in [0.1, 0.15) is 0 Å². The van der Waals surface area contributed by atoms with E-state index in [9.17, 15) is 4.79 Å². The van der Waals surface area contributed by atoms with E-state index in [2.05, 4.69) is 59.0 Å². The number of hydrogen-bond acceptors (Lipinski definition) is 2. The number of carbonyl (C=O) groups excluding carboxylic acids is 1. The van der Waals surface area contributed by atoms with Crippen LogP contribution in [0.1, 0.15) is 30.4 Å². The lowest BCUT2D eigenvalue weighted by Crippen LogP contribution is -2.49. The molecule has 6 heteroatoms. The number of aryl methyl sites for hydroxylation is 1. The zero-order valence-electron chi connectivity index (χ0n) is 19.8. The van der Waals surface area contributed by atoms with Crippen LogP contribution in [-0.2, 0) is 11.3 Å². The zero-order valence-corrected chi connectivity index (χ0v) is 21.3. The molecule has 5 rings (SSSR count). The highest BCUT2D eigenvalue weighted by atomic mass is 35.5. The number of rotatable bonds is 6. The quantitative estimate of drug-likeness (QED) is 0.287. The van der Waals surface area contributed by atoms with Crippen molar-refractivity contribution in [1.29, 1.82) is 0 Å². The van der Waals surface area contributed by atoms with E-state index in [4.69, 9.17) is 23.2 Å². The highest BCUT2D eigenvalue weighted by Crippen LogP contribution is 2.36. The van der Waals surface area contributed by atoms with Gasteiger partial charge in [0, 0.05) is 77.9 Å². The minimum atomic E-state index is -0.0649. The molecule has 1 fully saturated rings. The SMILES string of the molecule is CCn1cc([C@H](CC(=O)N2CCN(c3cccc(Cl)c3)CC2)c2cccc(Cl)c2)c2ccccc21. The summed E-state index contributed by atoms with van der Waals surface area (Å²) in [5.74, 6) is 0.110. The van der Waals surface area contributed by atoms with Crippen LogP contribution in [0.5, 0.6) is 0 Å². The largest absolute Gasteiger partial charge is 0.368 e. The summed E-state index contributed by atoms with van der Waals surface area (Å²) in [7, 11) is 0. The Balaban J connectivity index is 1.40. The van der Waals surface area contributed by atoms with E-state index in [1.165, 1.54) is 16.5 Å². The summed E-state index contributed by atoms with van der Waals surface area (Å²) in [6.45, 7) is 6.01. The van der Waals surface area contributed by atoms with Crippen molar-refractivity contribution in [3.8, 4) is 0 Å². The van der Waals surface area contributed by atoms with Gasteiger partial charge in [-0.1, -0.05) is 59.6 Å². The third-order valence-corrected chi connectivity index (χ3v) is 7.44. The summed E-state index contributed by atoms with van der Waals surface area (Å²) in [6, 6.07) is 24.3. The Labute approximate surface area is 216 Å². The van der Waals surface area contributed by atoms with E-state index in [0.29, 0.717) is 24.5 Å². The van der Waals surface area contributed by atoms with Gasteiger partial charge in [0.2, 0.25) is 5.91 Å². The van der Waals surface area contributed by atoms with Gasteiger partial charge in [0.05, 0.1) is 0 Å². The Morgan fingerprint density at radius 2 is 1.60 bits per heavy atom. The summed E-state index contributed by atoms with van der Waals surface area (Å²) in [5, 5.41) is 2.61. The predicted octanol–water partition coefficient (Wildman–Crippen LogP) is 6.84. The molecule has 35 heavy (non-hydrogen) atoms. The molecule has 1 aliphatic heterocycles. The molecular formula is C29H29Cl2N3O. The van der Waals surface area contributed by atoms with Gasteiger partial charge in [-0.15, -0.1) is 0 Å². The summed E-state index contributed by atoms with van der Waals surface area (Å²) >= 11 is 12.6. The molecular weight excluding hydrogens is 477 g/mol. The number of amides is 1. The second-order valence-electron chi connectivity index (χ2n) is 9.05. The Hall–Kier alpha value is -2.95. The van der Waals surface area contributed by atoms with Crippen molar-refractivity contribution in [3.05, 3.63) is 100 Å². The van der Waals surface area contributed by atoms with Crippen LogP contribution < -0.4 is 4.90 Å². The van der Waals surface area contributed by atoms with E-state index >= 15 is 0 Å². The number of piperazine rings is 1. The van der Waals surface area contributed by atoms with Gasteiger partial charge in [0.25, 0.3) is 0 Å². The van der Waals surface area contributed by atoms with Crippen LogP contribution in [-0.4, -0.2) is 41.6 Å². The maximum Gasteiger partial charge on any atom is 0.223 e. The van der Waals surface area contributed by atoms with Crippen molar-refractivity contribution >= 4 is 45.7 Å². The highest BCUT2D eigenvalue weighted by molar-refractivity contribution is 6.31. The zero-order chi connectivity index (χ0) is 24.4. The number of aromatic nitrogens is 1. The fourth-order valence-electron chi connectivity index (χ4n) is 5.14. The predicted molar refractivity (Wildman–Crippen MR) is 146 cm³/mol. The molecule has 0 radical (unpaired) electrons. The van der Waals surface area contributed by atoms with Crippen LogP contribution in [0.3, 0.4) is 0 Å². The first kappa shape index (κ1) is 23.8. The van der Waals surface area contributed by atoms with Gasteiger partial charge >= 0.3 is 0 Å². The molecule has 4 aromatic rings. The lowest BCUT2D eigenvalue weighted by molar-refractivity contribution is -0.131. The maximum atomic E-state index is 13.6. The van der Waals surface area contributed by atoms with E-state index < -0.39 is 0 Å². The highest BCUT2D eigenvalue weighted by Gasteiger charge is 2.27. The van der Waals surface area contributed by atoms with Crippen LogP contribution in [0.25, 0.3) is 10.9 Å². The van der Waals surface area contributed by atoms with Gasteiger partial charge in [-0.2, -0.15) is 0 Å². The first-order valence-electron chi connectivity index (χ1n) is 12.1. The topological polar surface area (TPSA) is 28.5 Å². The molecule has 0 bridgehead atoms. The number of carbonyl (C=O) groups is 1. The van der Waals surface area contributed by atoms with E-state index in [1.807, 2.05) is 41.3 Å². The lowest BCUT2D eigenvalue weighted by Gasteiger charge is -2.36. The molecule has 0 N–H and O–H groups in total. The van der Waals surface area contributed by atoms with E-state index in [-0.39, 0.29) is 11.8 Å². The first-order chi connectivity index (χ1) is 17.0. The molecule has 3 aromatic carbocycles. The maximum absolute atomic E-state index is 13.6. The van der Waals surface area contributed by atoms with E-state index in [1.54, 1.807) is 0 Å². The van der Waals surface area contributed by atoms with Crippen LogP contribution in [0.15, 0.2) is 79.0 Å². The lowest BCUT2D eigenvalue weighted by atomic mass is 9.87. The van der Waals surface area contributed by atoms with Crippen molar-refractivity contribution < 1.29 is 4.79 Å². The molecule has 4 nitrogen and oxygen atoms in total. The monoisotopic (exact) mass is 505 g/mol. The molecule has 0 aliphatic carbocycles. The van der Waals surface area contributed by atoms with Crippen LogP contribution in [0.4, 0.5) is 5.69 Å². The van der Waals surface area contributed by atoms with Crippen molar-refractivity contribution in [2.24, 2.45) is 0 Å². The normalized spacial score (nSPS) is 14.9. The summed E-state index contributed by atoms with van der Waals surface area (Å²) in [5.41, 5.74) is 4.55. The average molecular weight is 506 g/mol. The molecule has 1 saturated heterocycles. The number of fused-ring (bicyclic) bond motifs is 1. The van der Waals surface area contributed by atoms with Crippen LogP contribution in [0.2, 0.25) is 10.0 Å². The summed E-state index contributed by atoms with van der Waals surface area (Å²) in [6.07, 6.45) is 2.62. The standard InChI is InChI=1S/C29H29Cl2N3O/c1-2-32-20-27(25-11-3-4-12-28(25)32)26(21-7-5-8-22(30)17-21)19-29(35)34-15-13-33(14-16-34)24-10-6-9-23(31)18-24/h3-12,17-18,20,26H,2,13-16,19H2,1H3/t26-/m1/s1. The van der Waals surface area contributed by atoms with Crippen molar-refractivity contribution in [3.63, 3.8) is 0 Å². The molecule has 1 aliphatic rings. The molecule has 0 unspecified atom stereocenters. The Morgan fingerprint density at radius 3 is 2.31 bits per heavy atom. The molecule has 0 spiro atoms. The number of hydrogen-bond donors (Lipinski definition) is 0. The van der Waals surface area contributed by atoms with Crippen LogP contribution >= 0.6 is 23.2 Å². The fraction of sp³-hybridized carbons (Fsp3) is 0.276. The first-order valence-corrected chi connectivity index (χ1v) is 12.9. The Morgan fingerprint density at radius 1 is 0.886 bits per heavy atom. The second kappa shape index (κ2) is 10.3. The number of halogens is 2. The minimum absolute atomic E-state index is 0.0649. The molecule has 1 aromatic heterocycles. The average Bonchev–Trinajstić information content (AvgIpc) is 3.26. The molecule has 1 atom stereocenters. The molecule has 2 heterocycles. The van der Waals surface area contributed by atoms with Gasteiger partial charge in [-0.25, -0.2) is 0 Å². The Bertz CT molecular complexity index is 1340. The van der Waals surface area contributed by atoms with Gasteiger partial charge < -0.3 is 14.4 Å². The fourth-order valence-corrected chi connectivity index (χ4v) is 5.52. The summed E-state index contributed by atoms with van der Waals surface area (Å²) in [4.78, 5) is 17.9. The summed E-state index contributed by atoms with van der Waals surface area (Å²) < 4.78 is 2.26. The van der Waals surface area contributed by atoms with Gasteiger partial charge in [-0.05, 0) is 54.4 Å². The third-order valence-electron chi connectivity index (χ3n) is 6.97. The Kier molecular flexibility index (Phi) is 7.03. The van der Waals surface area contributed by atoms with Crippen LogP contribution in [0, 0.1) is 0 Å². The van der Waals surface area contributed by atoms with Gasteiger partial charge in [-0.3, -0.25) is 4.79 Å². The number of nitrogens with zero attached hydrogens (tertiary/aromatic N) is 3. The minimum Gasteiger partial charge on any atom is -0.368 e. The molecule has 1 amide bonds.